The second-order valence-corrected chi connectivity index (χ2v) is 5.82. The number of fused-ring (bicyclic) bond motifs is 1. The average molecular weight is 308 g/mol. The molecule has 3 rings (SSSR count). The van der Waals surface area contributed by atoms with Crippen molar-refractivity contribution in [1.82, 2.24) is 4.90 Å². The van der Waals surface area contributed by atoms with Gasteiger partial charge in [0.25, 0.3) is 0 Å². The zero-order valence-corrected chi connectivity index (χ0v) is 13.4. The molecule has 4 nitrogen and oxygen atoms in total. The molecule has 0 fully saturated rings. The van der Waals surface area contributed by atoms with Gasteiger partial charge in [0.2, 0.25) is 11.8 Å². The van der Waals surface area contributed by atoms with Crippen molar-refractivity contribution in [3.05, 3.63) is 65.2 Å². The van der Waals surface area contributed by atoms with Crippen LogP contribution < -0.4 is 5.32 Å². The van der Waals surface area contributed by atoms with Gasteiger partial charge in [-0.1, -0.05) is 55.0 Å². The number of amides is 2. The molecule has 0 spiro atoms. The Morgan fingerprint density at radius 3 is 2.57 bits per heavy atom. The van der Waals surface area contributed by atoms with Crippen LogP contribution in [0.1, 0.15) is 36.1 Å². The summed E-state index contributed by atoms with van der Waals surface area (Å²) in [4.78, 5) is 26.3. The molecular formula is C19H20N2O2. The predicted octanol–water partition coefficient (Wildman–Crippen LogP) is 3.28. The van der Waals surface area contributed by atoms with Crippen molar-refractivity contribution in [3.63, 3.8) is 0 Å². The number of hydrogen-bond acceptors (Lipinski definition) is 2. The van der Waals surface area contributed by atoms with E-state index >= 15 is 0 Å². The van der Waals surface area contributed by atoms with Crippen molar-refractivity contribution < 1.29 is 9.59 Å². The molecule has 0 radical (unpaired) electrons. The molecule has 0 aromatic heterocycles. The molecule has 1 heterocycles. The second kappa shape index (κ2) is 6.24. The Morgan fingerprint density at radius 2 is 1.87 bits per heavy atom. The molecule has 23 heavy (non-hydrogen) atoms. The normalized spacial score (nSPS) is 17.2. The highest BCUT2D eigenvalue weighted by atomic mass is 16.2. The van der Waals surface area contributed by atoms with Gasteiger partial charge in [-0.25, -0.2) is 0 Å². The molecule has 2 aromatic carbocycles. The maximum atomic E-state index is 12.5. The summed E-state index contributed by atoms with van der Waals surface area (Å²) >= 11 is 0. The van der Waals surface area contributed by atoms with Gasteiger partial charge in [0.15, 0.2) is 0 Å². The first-order chi connectivity index (χ1) is 11.1. The molecule has 0 saturated heterocycles. The van der Waals surface area contributed by atoms with Crippen LogP contribution >= 0.6 is 0 Å². The number of aryl methyl sites for hydroxylation is 1. The lowest BCUT2D eigenvalue weighted by atomic mass is 9.95. The van der Waals surface area contributed by atoms with Crippen LogP contribution in [0.15, 0.2) is 48.5 Å². The number of carbonyl (C=O) groups excluding carboxylic acids is 2. The minimum atomic E-state index is -0.252. The van der Waals surface area contributed by atoms with Crippen molar-refractivity contribution in [2.24, 2.45) is 0 Å². The Labute approximate surface area is 136 Å². The van der Waals surface area contributed by atoms with Crippen molar-refractivity contribution in [3.8, 4) is 0 Å². The van der Waals surface area contributed by atoms with Crippen LogP contribution in [0, 0.1) is 6.92 Å². The van der Waals surface area contributed by atoms with E-state index in [0.717, 1.165) is 16.8 Å². The predicted molar refractivity (Wildman–Crippen MR) is 90.1 cm³/mol. The van der Waals surface area contributed by atoms with E-state index in [1.165, 1.54) is 5.56 Å². The van der Waals surface area contributed by atoms with Gasteiger partial charge in [0, 0.05) is 17.7 Å². The summed E-state index contributed by atoms with van der Waals surface area (Å²) in [6.45, 7) is 3.92. The summed E-state index contributed by atoms with van der Waals surface area (Å²) in [5, 5.41) is 2.91. The summed E-state index contributed by atoms with van der Waals surface area (Å²) in [6.07, 6.45) is 0.373. The van der Waals surface area contributed by atoms with E-state index in [9.17, 15) is 9.59 Å². The van der Waals surface area contributed by atoms with Gasteiger partial charge in [-0.3, -0.25) is 9.59 Å². The van der Waals surface area contributed by atoms with Crippen molar-refractivity contribution in [1.29, 1.82) is 0 Å². The van der Waals surface area contributed by atoms with Crippen molar-refractivity contribution in [2.45, 2.75) is 26.3 Å². The number of hydrogen-bond donors (Lipinski definition) is 1. The molecule has 1 aliphatic heterocycles. The zero-order chi connectivity index (χ0) is 16.4. The standard InChI is InChI=1S/C19H20N2O2/c1-3-18(23)21-12-17(22)20-16-7-5-4-6-15(16)19(21)14-10-8-13(2)9-11-14/h4-11,19H,3,12H2,1-2H3,(H,20,22)/t19-/m1/s1. The van der Waals surface area contributed by atoms with E-state index < -0.39 is 0 Å². The molecular weight excluding hydrogens is 288 g/mol. The highest BCUT2D eigenvalue weighted by Gasteiger charge is 2.32. The Balaban J connectivity index is 2.17. The number of anilines is 1. The van der Waals surface area contributed by atoms with Gasteiger partial charge in [0.05, 0.1) is 6.04 Å². The fourth-order valence-corrected chi connectivity index (χ4v) is 3.00. The van der Waals surface area contributed by atoms with Gasteiger partial charge in [-0.2, -0.15) is 0 Å². The average Bonchev–Trinajstić information content (AvgIpc) is 2.71. The minimum Gasteiger partial charge on any atom is -0.324 e. The van der Waals surface area contributed by atoms with Gasteiger partial charge >= 0.3 is 0 Å². The number of rotatable bonds is 2. The Morgan fingerprint density at radius 1 is 1.17 bits per heavy atom. The van der Waals surface area contributed by atoms with Crippen molar-refractivity contribution in [2.75, 3.05) is 11.9 Å². The van der Waals surface area contributed by atoms with E-state index in [-0.39, 0.29) is 24.4 Å². The topological polar surface area (TPSA) is 49.4 Å². The van der Waals surface area contributed by atoms with E-state index in [2.05, 4.69) is 5.32 Å². The van der Waals surface area contributed by atoms with Crippen LogP contribution in [-0.4, -0.2) is 23.3 Å². The van der Waals surface area contributed by atoms with Crippen LogP contribution in [0.25, 0.3) is 0 Å². The molecule has 0 aliphatic carbocycles. The maximum Gasteiger partial charge on any atom is 0.244 e. The first-order valence-electron chi connectivity index (χ1n) is 7.85. The smallest absolute Gasteiger partial charge is 0.244 e. The third kappa shape index (κ3) is 2.97. The highest BCUT2D eigenvalue weighted by molar-refractivity contribution is 5.97. The molecule has 1 N–H and O–H groups in total. The van der Waals surface area contributed by atoms with Gasteiger partial charge in [-0.15, -0.1) is 0 Å². The Hall–Kier alpha value is -2.62. The van der Waals surface area contributed by atoms with Crippen LogP contribution in [0.3, 0.4) is 0 Å². The largest absolute Gasteiger partial charge is 0.324 e. The molecule has 1 atom stereocenters. The first-order valence-corrected chi connectivity index (χ1v) is 7.85. The molecule has 0 saturated carbocycles. The third-order valence-corrected chi connectivity index (χ3v) is 4.17. The SMILES string of the molecule is CCC(=O)N1CC(=O)Nc2ccccc2[C@H]1c1ccc(C)cc1. The van der Waals surface area contributed by atoms with Crippen LogP contribution in [0.5, 0.6) is 0 Å². The summed E-state index contributed by atoms with van der Waals surface area (Å²) < 4.78 is 0. The number of para-hydroxylation sites is 1. The van der Waals surface area contributed by atoms with Gasteiger partial charge in [0.1, 0.15) is 6.54 Å². The molecule has 0 unspecified atom stereocenters. The summed E-state index contributed by atoms with van der Waals surface area (Å²) in [5.74, 6) is -0.184. The molecule has 0 bridgehead atoms. The molecule has 2 amide bonds. The van der Waals surface area contributed by atoms with Gasteiger partial charge in [-0.05, 0) is 18.6 Å². The molecule has 1 aliphatic rings. The Kier molecular flexibility index (Phi) is 4.15. The minimum absolute atomic E-state index is 0.0255. The number of benzene rings is 2. The monoisotopic (exact) mass is 308 g/mol. The molecule has 4 heteroatoms. The fraction of sp³-hybridized carbons (Fsp3) is 0.263. The summed E-state index contributed by atoms with van der Waals surface area (Å²) in [5.41, 5.74) is 3.90. The lowest BCUT2D eigenvalue weighted by molar-refractivity contribution is -0.135. The van der Waals surface area contributed by atoms with E-state index in [1.54, 1.807) is 4.90 Å². The fourth-order valence-electron chi connectivity index (χ4n) is 3.00. The first kappa shape index (κ1) is 15.3. The second-order valence-electron chi connectivity index (χ2n) is 5.82. The molecule has 118 valence electrons. The maximum absolute atomic E-state index is 12.5. The lowest BCUT2D eigenvalue weighted by Crippen LogP contribution is -2.38. The quantitative estimate of drug-likeness (QED) is 0.925. The van der Waals surface area contributed by atoms with E-state index in [1.807, 2.05) is 62.4 Å². The van der Waals surface area contributed by atoms with E-state index in [0.29, 0.717) is 6.42 Å². The van der Waals surface area contributed by atoms with Crippen LogP contribution in [-0.2, 0) is 9.59 Å². The molecule has 2 aromatic rings. The Bertz CT molecular complexity index is 737. The van der Waals surface area contributed by atoms with Crippen LogP contribution in [0.4, 0.5) is 5.69 Å². The number of nitrogens with one attached hydrogen (secondary N) is 1. The third-order valence-electron chi connectivity index (χ3n) is 4.17. The van der Waals surface area contributed by atoms with E-state index in [4.69, 9.17) is 0 Å². The van der Waals surface area contributed by atoms with Crippen LogP contribution in [0.2, 0.25) is 0 Å². The number of nitrogens with zero attached hydrogens (tertiary/aromatic N) is 1. The zero-order valence-electron chi connectivity index (χ0n) is 13.4. The summed E-state index contributed by atoms with van der Waals surface area (Å²) in [7, 11) is 0. The summed E-state index contributed by atoms with van der Waals surface area (Å²) in [6, 6.07) is 15.6. The number of carbonyl (C=O) groups is 2. The highest BCUT2D eigenvalue weighted by Crippen LogP contribution is 2.35. The lowest BCUT2D eigenvalue weighted by Gasteiger charge is -2.30. The van der Waals surface area contributed by atoms with Gasteiger partial charge < -0.3 is 10.2 Å². The van der Waals surface area contributed by atoms with Crippen molar-refractivity contribution >= 4 is 17.5 Å².